The standard InChI is InChI=1S/C25H31NO5/c1-15-21(24(28)31-14-16-8-7-11-30-16)22(17-9-5-6-10-20(17)29-4)23-18(26-15)12-25(2,3)13-19(23)27/h5-6,9-10,16,21-22H,7-8,11-14H2,1-4H3/t16-,21?,22+/m0/s1. The fourth-order valence-corrected chi connectivity index (χ4v) is 5.05. The Kier molecular flexibility index (Phi) is 6.02. The fourth-order valence-electron chi connectivity index (χ4n) is 5.05. The Bertz CT molecular complexity index is 939. The summed E-state index contributed by atoms with van der Waals surface area (Å²) in [4.78, 5) is 31.4. The van der Waals surface area contributed by atoms with Crippen LogP contribution in [0.1, 0.15) is 57.9 Å². The highest BCUT2D eigenvalue weighted by atomic mass is 16.6. The average Bonchev–Trinajstić information content (AvgIpc) is 3.23. The number of ether oxygens (including phenoxy) is 3. The monoisotopic (exact) mass is 425 g/mol. The van der Waals surface area contributed by atoms with Gasteiger partial charge >= 0.3 is 5.97 Å². The third-order valence-corrected chi connectivity index (χ3v) is 6.47. The van der Waals surface area contributed by atoms with Gasteiger partial charge < -0.3 is 14.2 Å². The molecule has 0 aromatic heterocycles. The van der Waals surface area contributed by atoms with E-state index in [1.165, 1.54) is 0 Å². The zero-order chi connectivity index (χ0) is 22.2. The second-order valence-corrected chi connectivity index (χ2v) is 9.52. The van der Waals surface area contributed by atoms with Gasteiger partial charge in [-0.1, -0.05) is 32.0 Å². The van der Waals surface area contributed by atoms with Gasteiger partial charge in [-0.05, 0) is 37.7 Å². The lowest BCUT2D eigenvalue weighted by Crippen LogP contribution is -2.40. The van der Waals surface area contributed by atoms with Gasteiger partial charge in [0.25, 0.3) is 0 Å². The van der Waals surface area contributed by atoms with E-state index in [2.05, 4.69) is 13.8 Å². The number of nitrogens with zero attached hydrogens (tertiary/aromatic N) is 1. The topological polar surface area (TPSA) is 74.2 Å². The van der Waals surface area contributed by atoms with Crippen molar-refractivity contribution < 1.29 is 23.8 Å². The van der Waals surface area contributed by atoms with Gasteiger partial charge in [-0.25, -0.2) is 0 Å². The number of rotatable bonds is 5. The number of ketones is 1. The van der Waals surface area contributed by atoms with Crippen molar-refractivity contribution in [3.8, 4) is 5.75 Å². The maximum absolute atomic E-state index is 13.3. The van der Waals surface area contributed by atoms with Gasteiger partial charge in [0, 0.05) is 41.5 Å². The van der Waals surface area contributed by atoms with Crippen LogP contribution in [0.3, 0.4) is 0 Å². The van der Waals surface area contributed by atoms with Crippen LogP contribution in [0.25, 0.3) is 0 Å². The Hall–Kier alpha value is -2.47. The molecule has 1 aromatic rings. The zero-order valence-electron chi connectivity index (χ0n) is 18.8. The second kappa shape index (κ2) is 8.58. The number of hydrogen-bond acceptors (Lipinski definition) is 6. The zero-order valence-corrected chi connectivity index (χ0v) is 18.8. The highest BCUT2D eigenvalue weighted by Crippen LogP contribution is 2.49. The van der Waals surface area contributed by atoms with Crippen LogP contribution in [-0.2, 0) is 19.1 Å². The van der Waals surface area contributed by atoms with Crippen LogP contribution in [0.4, 0.5) is 0 Å². The molecule has 0 amide bonds. The van der Waals surface area contributed by atoms with Crippen molar-refractivity contribution in [2.45, 2.75) is 58.5 Å². The lowest BCUT2D eigenvalue weighted by molar-refractivity contribution is -0.149. The van der Waals surface area contributed by atoms with Crippen LogP contribution in [0, 0.1) is 11.3 Å². The first-order valence-electron chi connectivity index (χ1n) is 11.0. The summed E-state index contributed by atoms with van der Waals surface area (Å²) < 4.78 is 16.9. The molecule has 1 aromatic carbocycles. The van der Waals surface area contributed by atoms with Gasteiger partial charge in [-0.3, -0.25) is 14.6 Å². The van der Waals surface area contributed by atoms with Crippen LogP contribution >= 0.6 is 0 Å². The number of carbonyl (C=O) groups is 2. The molecular weight excluding hydrogens is 394 g/mol. The summed E-state index contributed by atoms with van der Waals surface area (Å²) in [5.74, 6) is -0.790. The molecule has 1 aliphatic carbocycles. The molecule has 0 saturated carbocycles. The molecule has 0 bridgehead atoms. The number of Topliss-reactive ketones (excluding diaryl/α,β-unsaturated/α-hetero) is 1. The molecule has 2 heterocycles. The summed E-state index contributed by atoms with van der Waals surface area (Å²) in [6.07, 6.45) is 2.96. The van der Waals surface area contributed by atoms with Gasteiger partial charge in [0.1, 0.15) is 18.3 Å². The van der Waals surface area contributed by atoms with Crippen molar-refractivity contribution in [1.29, 1.82) is 0 Å². The predicted octanol–water partition coefficient (Wildman–Crippen LogP) is 4.23. The van der Waals surface area contributed by atoms with E-state index in [-0.39, 0.29) is 29.9 Å². The van der Waals surface area contributed by atoms with E-state index in [1.807, 2.05) is 31.2 Å². The molecule has 2 aliphatic heterocycles. The first kappa shape index (κ1) is 21.8. The molecule has 0 N–H and O–H groups in total. The molecule has 1 saturated heterocycles. The normalized spacial score (nSPS) is 27.5. The molecule has 3 atom stereocenters. The quantitative estimate of drug-likeness (QED) is 0.660. The van der Waals surface area contributed by atoms with Crippen LogP contribution in [-0.4, -0.2) is 43.9 Å². The molecule has 166 valence electrons. The predicted molar refractivity (Wildman–Crippen MR) is 117 cm³/mol. The molecule has 31 heavy (non-hydrogen) atoms. The lowest BCUT2D eigenvalue weighted by Gasteiger charge is -2.39. The van der Waals surface area contributed by atoms with Gasteiger partial charge in [0.05, 0.1) is 13.2 Å². The number of para-hydroxylation sites is 1. The van der Waals surface area contributed by atoms with Crippen molar-refractivity contribution >= 4 is 17.5 Å². The third-order valence-electron chi connectivity index (χ3n) is 6.47. The van der Waals surface area contributed by atoms with Crippen molar-refractivity contribution in [3.63, 3.8) is 0 Å². The smallest absolute Gasteiger partial charge is 0.315 e. The molecule has 6 heteroatoms. The number of benzene rings is 1. The van der Waals surface area contributed by atoms with Crippen LogP contribution in [0.5, 0.6) is 5.75 Å². The number of esters is 1. The Morgan fingerprint density at radius 2 is 2.03 bits per heavy atom. The number of allylic oxidation sites excluding steroid dienone is 2. The molecule has 1 fully saturated rings. The Labute approximate surface area is 183 Å². The van der Waals surface area contributed by atoms with Crippen molar-refractivity contribution in [1.82, 2.24) is 0 Å². The number of aliphatic imine (C=N–C) groups is 1. The molecule has 3 aliphatic rings. The molecule has 6 nitrogen and oxygen atoms in total. The molecule has 4 rings (SSSR count). The van der Waals surface area contributed by atoms with Crippen LogP contribution < -0.4 is 4.74 Å². The van der Waals surface area contributed by atoms with E-state index < -0.39 is 11.8 Å². The summed E-state index contributed by atoms with van der Waals surface area (Å²) in [6.45, 7) is 6.96. The van der Waals surface area contributed by atoms with Crippen LogP contribution in [0.15, 0.2) is 40.5 Å². The van der Waals surface area contributed by atoms with Gasteiger partial charge in [-0.2, -0.15) is 0 Å². The maximum Gasteiger partial charge on any atom is 0.315 e. The summed E-state index contributed by atoms with van der Waals surface area (Å²) in [5, 5.41) is 0. The van der Waals surface area contributed by atoms with Crippen molar-refractivity contribution in [3.05, 3.63) is 41.1 Å². The maximum atomic E-state index is 13.3. The molecule has 0 radical (unpaired) electrons. The minimum Gasteiger partial charge on any atom is -0.496 e. The number of hydrogen-bond donors (Lipinski definition) is 0. The fraction of sp³-hybridized carbons (Fsp3) is 0.560. The Morgan fingerprint density at radius 3 is 2.74 bits per heavy atom. The molecular formula is C25H31NO5. The van der Waals surface area contributed by atoms with Crippen molar-refractivity contribution in [2.24, 2.45) is 16.3 Å². The van der Waals surface area contributed by atoms with E-state index in [0.717, 1.165) is 24.1 Å². The van der Waals surface area contributed by atoms with Gasteiger partial charge in [0.2, 0.25) is 0 Å². The van der Waals surface area contributed by atoms with Gasteiger partial charge in [0.15, 0.2) is 5.78 Å². The minimum absolute atomic E-state index is 0.0512. The van der Waals surface area contributed by atoms with E-state index in [4.69, 9.17) is 19.2 Å². The van der Waals surface area contributed by atoms with Crippen LogP contribution in [0.2, 0.25) is 0 Å². The summed E-state index contributed by atoms with van der Waals surface area (Å²) in [6, 6.07) is 7.59. The lowest BCUT2D eigenvalue weighted by atomic mass is 9.66. The van der Waals surface area contributed by atoms with E-state index >= 15 is 0 Å². The summed E-state index contributed by atoms with van der Waals surface area (Å²) >= 11 is 0. The first-order valence-corrected chi connectivity index (χ1v) is 11.0. The third kappa shape index (κ3) is 4.31. The highest BCUT2D eigenvalue weighted by molar-refractivity contribution is 6.09. The molecule has 0 spiro atoms. The number of carbonyl (C=O) groups excluding carboxylic acids is 2. The van der Waals surface area contributed by atoms with E-state index in [1.54, 1.807) is 7.11 Å². The Balaban J connectivity index is 1.75. The average molecular weight is 426 g/mol. The first-order chi connectivity index (χ1) is 14.8. The van der Waals surface area contributed by atoms with Crippen molar-refractivity contribution in [2.75, 3.05) is 20.3 Å². The largest absolute Gasteiger partial charge is 0.496 e. The summed E-state index contributed by atoms with van der Waals surface area (Å²) in [7, 11) is 1.61. The minimum atomic E-state index is -0.665. The SMILES string of the molecule is COc1ccccc1[C@H]1C2=C(CC(C)(C)CC2=O)N=C(C)C1C(=O)OC[C@@H]1CCCO1. The van der Waals surface area contributed by atoms with E-state index in [0.29, 0.717) is 36.5 Å². The molecule has 1 unspecified atom stereocenters. The van der Waals surface area contributed by atoms with E-state index in [9.17, 15) is 9.59 Å². The highest BCUT2D eigenvalue weighted by Gasteiger charge is 2.47. The van der Waals surface area contributed by atoms with Gasteiger partial charge in [-0.15, -0.1) is 0 Å². The summed E-state index contributed by atoms with van der Waals surface area (Å²) in [5.41, 5.74) is 2.76. The Morgan fingerprint density at radius 1 is 1.26 bits per heavy atom. The second-order valence-electron chi connectivity index (χ2n) is 9.52. The number of methoxy groups -OCH3 is 1.